The van der Waals surface area contributed by atoms with Crippen molar-refractivity contribution in [3.8, 4) is 0 Å². The first-order chi connectivity index (χ1) is 5.70. The summed E-state index contributed by atoms with van der Waals surface area (Å²) in [5.41, 5.74) is 0. The molecule has 0 aliphatic carbocycles. The molecule has 0 rings (SSSR count). The Balaban J connectivity index is 3.21. The number of hydrogen-bond acceptors (Lipinski definition) is 3. The molecular formula is C9H17NO2. The molecule has 0 atom stereocenters. The van der Waals surface area contributed by atoms with E-state index in [1.165, 1.54) is 6.08 Å². The first-order valence-electron chi connectivity index (χ1n) is 4.18. The molecule has 3 heteroatoms. The lowest BCUT2D eigenvalue weighted by atomic mass is 10.4. The minimum absolute atomic E-state index is 0.339. The van der Waals surface area contributed by atoms with Crippen molar-refractivity contribution in [2.75, 3.05) is 26.7 Å². The SMILES string of the molecule is C=CC(=O)OCCCN(C)CC. The Bertz CT molecular complexity index is 145. The predicted octanol–water partition coefficient (Wildman–Crippen LogP) is 1.06. The van der Waals surface area contributed by atoms with E-state index in [0.29, 0.717) is 6.61 Å². The van der Waals surface area contributed by atoms with Crippen LogP contribution >= 0.6 is 0 Å². The molecule has 0 N–H and O–H groups in total. The Hall–Kier alpha value is -0.830. The van der Waals surface area contributed by atoms with Crippen molar-refractivity contribution in [3.05, 3.63) is 12.7 Å². The molecule has 0 heterocycles. The summed E-state index contributed by atoms with van der Waals surface area (Å²) in [6.07, 6.45) is 2.06. The number of esters is 1. The number of ether oxygens (including phenoxy) is 1. The molecule has 0 fully saturated rings. The van der Waals surface area contributed by atoms with Gasteiger partial charge in [-0.1, -0.05) is 13.5 Å². The molecule has 0 aromatic carbocycles. The monoisotopic (exact) mass is 171 g/mol. The van der Waals surface area contributed by atoms with Crippen molar-refractivity contribution in [3.63, 3.8) is 0 Å². The van der Waals surface area contributed by atoms with Crippen LogP contribution in [0.1, 0.15) is 13.3 Å². The zero-order chi connectivity index (χ0) is 9.40. The van der Waals surface area contributed by atoms with Crippen LogP contribution in [0.25, 0.3) is 0 Å². The van der Waals surface area contributed by atoms with Crippen LogP contribution in [0.2, 0.25) is 0 Å². The van der Waals surface area contributed by atoms with Gasteiger partial charge in [-0.25, -0.2) is 4.79 Å². The van der Waals surface area contributed by atoms with Gasteiger partial charge in [-0.15, -0.1) is 0 Å². The predicted molar refractivity (Wildman–Crippen MR) is 48.9 cm³/mol. The summed E-state index contributed by atoms with van der Waals surface area (Å²) < 4.78 is 4.80. The van der Waals surface area contributed by atoms with Crippen LogP contribution in [-0.4, -0.2) is 37.6 Å². The standard InChI is InChI=1S/C9H17NO2/c1-4-9(11)12-8-6-7-10(3)5-2/h4H,1,5-8H2,2-3H3. The molecule has 0 aliphatic heterocycles. The highest BCUT2D eigenvalue weighted by Crippen LogP contribution is 1.88. The van der Waals surface area contributed by atoms with Gasteiger partial charge < -0.3 is 9.64 Å². The fraction of sp³-hybridized carbons (Fsp3) is 0.667. The Morgan fingerprint density at radius 2 is 2.33 bits per heavy atom. The van der Waals surface area contributed by atoms with Crippen LogP contribution in [0.5, 0.6) is 0 Å². The molecule has 0 aromatic rings. The van der Waals surface area contributed by atoms with Gasteiger partial charge >= 0.3 is 5.97 Å². The third-order valence-corrected chi connectivity index (χ3v) is 1.63. The highest BCUT2D eigenvalue weighted by molar-refractivity contribution is 5.81. The van der Waals surface area contributed by atoms with Gasteiger partial charge in [-0.3, -0.25) is 0 Å². The quantitative estimate of drug-likeness (QED) is 0.340. The lowest BCUT2D eigenvalue weighted by Crippen LogP contribution is -2.20. The number of carbonyl (C=O) groups excluding carboxylic acids is 1. The Morgan fingerprint density at radius 1 is 1.67 bits per heavy atom. The van der Waals surface area contributed by atoms with Crippen LogP contribution in [-0.2, 0) is 9.53 Å². The number of hydrogen-bond donors (Lipinski definition) is 0. The summed E-state index contributed by atoms with van der Waals surface area (Å²) in [7, 11) is 2.04. The van der Waals surface area contributed by atoms with E-state index in [9.17, 15) is 4.79 Å². The molecule has 3 nitrogen and oxygen atoms in total. The fourth-order valence-electron chi connectivity index (χ4n) is 0.724. The number of nitrogens with zero attached hydrogens (tertiary/aromatic N) is 1. The summed E-state index contributed by atoms with van der Waals surface area (Å²) in [6.45, 7) is 7.86. The van der Waals surface area contributed by atoms with Crippen LogP contribution in [0, 0.1) is 0 Å². The highest BCUT2D eigenvalue weighted by Gasteiger charge is 1.96. The van der Waals surface area contributed by atoms with E-state index < -0.39 is 0 Å². The molecule has 0 aromatic heterocycles. The minimum atomic E-state index is -0.339. The second-order valence-corrected chi connectivity index (χ2v) is 2.62. The second kappa shape index (κ2) is 6.85. The van der Waals surface area contributed by atoms with Gasteiger partial charge in [0, 0.05) is 12.6 Å². The summed E-state index contributed by atoms with van der Waals surface area (Å²) in [5, 5.41) is 0. The Labute approximate surface area is 74.0 Å². The maximum atomic E-state index is 10.6. The molecule has 0 aliphatic rings. The lowest BCUT2D eigenvalue weighted by Gasteiger charge is -2.12. The van der Waals surface area contributed by atoms with Crippen LogP contribution in [0.4, 0.5) is 0 Å². The summed E-state index contributed by atoms with van der Waals surface area (Å²) in [5.74, 6) is -0.339. The van der Waals surface area contributed by atoms with Gasteiger partial charge in [-0.05, 0) is 20.0 Å². The number of carbonyl (C=O) groups is 1. The molecule has 0 spiro atoms. The van der Waals surface area contributed by atoms with Gasteiger partial charge in [-0.2, -0.15) is 0 Å². The molecule has 0 bridgehead atoms. The summed E-state index contributed by atoms with van der Waals surface area (Å²) in [6, 6.07) is 0. The average Bonchev–Trinajstić information content (AvgIpc) is 2.11. The Kier molecular flexibility index (Phi) is 6.38. The van der Waals surface area contributed by atoms with E-state index in [2.05, 4.69) is 18.4 Å². The normalized spacial score (nSPS) is 9.92. The zero-order valence-corrected chi connectivity index (χ0v) is 7.88. The summed E-state index contributed by atoms with van der Waals surface area (Å²) >= 11 is 0. The summed E-state index contributed by atoms with van der Waals surface area (Å²) in [4.78, 5) is 12.7. The molecular weight excluding hydrogens is 154 g/mol. The van der Waals surface area contributed by atoms with Gasteiger partial charge in [0.1, 0.15) is 0 Å². The molecule has 0 saturated carbocycles. The van der Waals surface area contributed by atoms with E-state index >= 15 is 0 Å². The first-order valence-corrected chi connectivity index (χ1v) is 4.18. The molecule has 0 radical (unpaired) electrons. The van der Waals surface area contributed by atoms with E-state index in [1.54, 1.807) is 0 Å². The van der Waals surface area contributed by atoms with Gasteiger partial charge in [0.2, 0.25) is 0 Å². The number of rotatable bonds is 6. The van der Waals surface area contributed by atoms with E-state index in [4.69, 9.17) is 4.74 Å². The molecule has 70 valence electrons. The maximum Gasteiger partial charge on any atom is 0.330 e. The van der Waals surface area contributed by atoms with Crippen molar-refractivity contribution in [1.82, 2.24) is 4.90 Å². The average molecular weight is 171 g/mol. The van der Waals surface area contributed by atoms with Crippen molar-refractivity contribution in [2.24, 2.45) is 0 Å². The second-order valence-electron chi connectivity index (χ2n) is 2.62. The fourth-order valence-corrected chi connectivity index (χ4v) is 0.724. The van der Waals surface area contributed by atoms with Gasteiger partial charge in [0.05, 0.1) is 6.61 Å². The maximum absolute atomic E-state index is 10.6. The minimum Gasteiger partial charge on any atom is -0.462 e. The third kappa shape index (κ3) is 5.92. The van der Waals surface area contributed by atoms with Crippen LogP contribution in [0.3, 0.4) is 0 Å². The van der Waals surface area contributed by atoms with E-state index in [1.807, 2.05) is 7.05 Å². The van der Waals surface area contributed by atoms with E-state index in [0.717, 1.165) is 19.5 Å². The van der Waals surface area contributed by atoms with Crippen molar-refractivity contribution < 1.29 is 9.53 Å². The molecule has 0 amide bonds. The largest absolute Gasteiger partial charge is 0.462 e. The van der Waals surface area contributed by atoms with Crippen molar-refractivity contribution in [2.45, 2.75) is 13.3 Å². The zero-order valence-electron chi connectivity index (χ0n) is 7.88. The molecule has 0 unspecified atom stereocenters. The smallest absolute Gasteiger partial charge is 0.330 e. The topological polar surface area (TPSA) is 29.5 Å². The van der Waals surface area contributed by atoms with Crippen molar-refractivity contribution in [1.29, 1.82) is 0 Å². The molecule has 0 saturated heterocycles. The first kappa shape index (κ1) is 11.2. The van der Waals surface area contributed by atoms with Gasteiger partial charge in [0.15, 0.2) is 0 Å². The van der Waals surface area contributed by atoms with Gasteiger partial charge in [0.25, 0.3) is 0 Å². The van der Waals surface area contributed by atoms with Crippen molar-refractivity contribution >= 4 is 5.97 Å². The highest BCUT2D eigenvalue weighted by atomic mass is 16.5. The lowest BCUT2D eigenvalue weighted by molar-refractivity contribution is -0.137. The van der Waals surface area contributed by atoms with Crippen LogP contribution < -0.4 is 0 Å². The van der Waals surface area contributed by atoms with Crippen LogP contribution in [0.15, 0.2) is 12.7 Å². The third-order valence-electron chi connectivity index (χ3n) is 1.63. The van der Waals surface area contributed by atoms with E-state index in [-0.39, 0.29) is 5.97 Å². The molecule has 12 heavy (non-hydrogen) atoms. The Morgan fingerprint density at radius 3 is 2.83 bits per heavy atom.